The summed E-state index contributed by atoms with van der Waals surface area (Å²) in [5, 5.41) is 0. The van der Waals surface area contributed by atoms with Gasteiger partial charge in [0.25, 0.3) is 0 Å². The molecule has 0 amide bonds. The molecule has 2 nitrogen and oxygen atoms in total. The van der Waals surface area contributed by atoms with E-state index in [9.17, 15) is 0 Å². The van der Waals surface area contributed by atoms with Crippen LogP contribution in [0.1, 0.15) is 16.7 Å². The van der Waals surface area contributed by atoms with Gasteiger partial charge in [0, 0.05) is 11.4 Å². The van der Waals surface area contributed by atoms with E-state index in [-0.39, 0.29) is 0 Å². The summed E-state index contributed by atoms with van der Waals surface area (Å²) in [4.78, 5) is 0. The van der Waals surface area contributed by atoms with Crippen LogP contribution >= 0.6 is 0 Å². The molecule has 0 bridgehead atoms. The molecule has 0 saturated carbocycles. The van der Waals surface area contributed by atoms with Crippen LogP contribution in [0.2, 0.25) is 0 Å². The maximum atomic E-state index is 5.97. The number of nitrogen functional groups attached to an aromatic ring is 2. The Labute approximate surface area is 200 Å². The first-order chi connectivity index (χ1) is 16.7. The zero-order valence-corrected chi connectivity index (χ0v) is 18.9. The van der Waals surface area contributed by atoms with E-state index < -0.39 is 0 Å². The normalized spacial score (nSPS) is 10.6. The number of hydrogen-bond acceptors (Lipinski definition) is 2. The Morgan fingerprint density at radius 1 is 0.441 bits per heavy atom. The molecule has 0 aliphatic rings. The SMILES string of the molecule is Nc1ccc(-c2ccccc2C(=Cc2ccccc2)c2ccccc2-c2ccc(N)cc2)cc1. The van der Waals surface area contributed by atoms with E-state index in [4.69, 9.17) is 11.5 Å². The average Bonchev–Trinajstić information content (AvgIpc) is 2.89. The highest BCUT2D eigenvalue weighted by molar-refractivity contribution is 6.00. The van der Waals surface area contributed by atoms with Crippen molar-refractivity contribution in [3.63, 3.8) is 0 Å². The van der Waals surface area contributed by atoms with Gasteiger partial charge < -0.3 is 11.5 Å². The van der Waals surface area contributed by atoms with Crippen molar-refractivity contribution in [2.75, 3.05) is 11.5 Å². The van der Waals surface area contributed by atoms with E-state index in [1.807, 2.05) is 30.3 Å². The van der Waals surface area contributed by atoms with Gasteiger partial charge in [-0.3, -0.25) is 0 Å². The van der Waals surface area contributed by atoms with Crippen molar-refractivity contribution in [2.24, 2.45) is 0 Å². The molecule has 0 radical (unpaired) electrons. The third kappa shape index (κ3) is 4.48. The molecule has 0 aliphatic heterocycles. The molecule has 0 heterocycles. The lowest BCUT2D eigenvalue weighted by Gasteiger charge is -2.18. The van der Waals surface area contributed by atoms with Gasteiger partial charge in [0.05, 0.1) is 0 Å². The first-order valence-corrected chi connectivity index (χ1v) is 11.4. The highest BCUT2D eigenvalue weighted by Gasteiger charge is 2.15. The highest BCUT2D eigenvalue weighted by atomic mass is 14.5. The zero-order chi connectivity index (χ0) is 23.3. The number of hydrogen-bond donors (Lipinski definition) is 2. The molecule has 5 aromatic carbocycles. The summed E-state index contributed by atoms with van der Waals surface area (Å²) in [6.45, 7) is 0. The lowest BCUT2D eigenvalue weighted by molar-refractivity contribution is 1.52. The summed E-state index contributed by atoms with van der Waals surface area (Å²) in [5.74, 6) is 0. The molecule has 34 heavy (non-hydrogen) atoms. The monoisotopic (exact) mass is 438 g/mol. The smallest absolute Gasteiger partial charge is 0.0314 e. The molecule has 5 aromatic rings. The summed E-state index contributed by atoms with van der Waals surface area (Å²) < 4.78 is 0. The molecule has 0 atom stereocenters. The molecule has 164 valence electrons. The summed E-state index contributed by atoms with van der Waals surface area (Å²) >= 11 is 0. The van der Waals surface area contributed by atoms with Crippen molar-refractivity contribution in [1.29, 1.82) is 0 Å². The number of nitrogens with two attached hydrogens (primary N) is 2. The van der Waals surface area contributed by atoms with Crippen LogP contribution < -0.4 is 11.5 Å². The largest absolute Gasteiger partial charge is 0.399 e. The van der Waals surface area contributed by atoms with E-state index in [0.717, 1.165) is 44.8 Å². The Hall–Kier alpha value is -4.56. The summed E-state index contributed by atoms with van der Waals surface area (Å²) in [7, 11) is 0. The van der Waals surface area contributed by atoms with Crippen molar-refractivity contribution < 1.29 is 0 Å². The van der Waals surface area contributed by atoms with Gasteiger partial charge in [0.2, 0.25) is 0 Å². The van der Waals surface area contributed by atoms with Crippen LogP contribution in [0.25, 0.3) is 33.9 Å². The van der Waals surface area contributed by atoms with Crippen LogP contribution in [-0.2, 0) is 0 Å². The lowest BCUT2D eigenvalue weighted by Crippen LogP contribution is -1.96. The molecule has 5 rings (SSSR count). The second-order valence-electron chi connectivity index (χ2n) is 8.30. The zero-order valence-electron chi connectivity index (χ0n) is 18.9. The predicted octanol–water partition coefficient (Wildman–Crippen LogP) is 7.77. The molecule has 0 saturated heterocycles. The quantitative estimate of drug-likeness (QED) is 0.217. The fraction of sp³-hybridized carbons (Fsp3) is 0. The molecule has 0 unspecified atom stereocenters. The first-order valence-electron chi connectivity index (χ1n) is 11.4. The third-order valence-corrected chi connectivity index (χ3v) is 5.99. The summed E-state index contributed by atoms with van der Waals surface area (Å²) in [5.41, 5.74) is 22.7. The lowest BCUT2D eigenvalue weighted by atomic mass is 9.86. The van der Waals surface area contributed by atoms with Crippen molar-refractivity contribution in [1.82, 2.24) is 0 Å². The van der Waals surface area contributed by atoms with Crippen molar-refractivity contribution in [3.8, 4) is 22.3 Å². The Kier molecular flexibility index (Phi) is 5.96. The predicted molar refractivity (Wildman–Crippen MR) is 146 cm³/mol. The maximum absolute atomic E-state index is 5.97. The van der Waals surface area contributed by atoms with Crippen molar-refractivity contribution >= 4 is 23.0 Å². The Morgan fingerprint density at radius 3 is 1.32 bits per heavy atom. The molecule has 0 aromatic heterocycles. The van der Waals surface area contributed by atoms with Gasteiger partial charge >= 0.3 is 0 Å². The molecular weight excluding hydrogens is 412 g/mol. The van der Waals surface area contributed by atoms with Gasteiger partial charge in [-0.1, -0.05) is 103 Å². The first kappa shape index (κ1) is 21.3. The fourth-order valence-electron chi connectivity index (χ4n) is 4.28. The number of rotatable bonds is 5. The van der Waals surface area contributed by atoms with Crippen LogP contribution in [0.3, 0.4) is 0 Å². The molecule has 0 aliphatic carbocycles. The maximum Gasteiger partial charge on any atom is 0.0314 e. The second kappa shape index (κ2) is 9.51. The summed E-state index contributed by atoms with van der Waals surface area (Å²) in [6, 6.07) is 43.7. The average molecular weight is 439 g/mol. The van der Waals surface area contributed by atoms with Gasteiger partial charge in [0.15, 0.2) is 0 Å². The van der Waals surface area contributed by atoms with E-state index in [1.165, 1.54) is 11.1 Å². The topological polar surface area (TPSA) is 52.0 Å². The second-order valence-corrected chi connectivity index (χ2v) is 8.30. The fourth-order valence-corrected chi connectivity index (χ4v) is 4.28. The van der Waals surface area contributed by atoms with Gasteiger partial charge in [-0.2, -0.15) is 0 Å². The highest BCUT2D eigenvalue weighted by Crippen LogP contribution is 2.38. The standard InChI is InChI=1S/C32H26N2/c33-26-18-14-24(15-19-26)28-10-4-6-12-30(28)32(22-23-8-2-1-3-9-23)31-13-7-5-11-29(31)25-16-20-27(34)21-17-25/h1-22H,33-34H2. The van der Waals surface area contributed by atoms with E-state index >= 15 is 0 Å². The Bertz CT molecular complexity index is 1340. The van der Waals surface area contributed by atoms with E-state index in [0.29, 0.717) is 0 Å². The van der Waals surface area contributed by atoms with Crippen molar-refractivity contribution in [3.05, 3.63) is 144 Å². The van der Waals surface area contributed by atoms with E-state index in [2.05, 4.69) is 103 Å². The Morgan fingerprint density at radius 2 is 0.853 bits per heavy atom. The Balaban J connectivity index is 1.76. The molecule has 2 heteroatoms. The van der Waals surface area contributed by atoms with Crippen LogP contribution in [0.4, 0.5) is 11.4 Å². The van der Waals surface area contributed by atoms with Gasteiger partial charge in [-0.25, -0.2) is 0 Å². The van der Waals surface area contributed by atoms with Gasteiger partial charge in [-0.15, -0.1) is 0 Å². The van der Waals surface area contributed by atoms with Crippen molar-refractivity contribution in [2.45, 2.75) is 0 Å². The van der Waals surface area contributed by atoms with Crippen LogP contribution in [0.15, 0.2) is 127 Å². The number of benzene rings is 5. The molecule has 4 N–H and O–H groups in total. The number of anilines is 2. The van der Waals surface area contributed by atoms with Gasteiger partial charge in [0.1, 0.15) is 0 Å². The minimum atomic E-state index is 0.759. The van der Waals surface area contributed by atoms with E-state index in [1.54, 1.807) is 0 Å². The van der Waals surface area contributed by atoms with Crippen LogP contribution in [0.5, 0.6) is 0 Å². The molecular formula is C32H26N2. The minimum absolute atomic E-state index is 0.759. The van der Waals surface area contributed by atoms with Gasteiger partial charge in [-0.05, 0) is 74.9 Å². The van der Waals surface area contributed by atoms with Crippen LogP contribution in [0, 0.1) is 0 Å². The molecule has 0 fully saturated rings. The third-order valence-electron chi connectivity index (χ3n) is 5.99. The molecule has 0 spiro atoms. The van der Waals surface area contributed by atoms with Crippen LogP contribution in [-0.4, -0.2) is 0 Å². The summed E-state index contributed by atoms with van der Waals surface area (Å²) in [6.07, 6.45) is 2.27. The minimum Gasteiger partial charge on any atom is -0.399 e.